The molecule has 1 amide bonds. The number of fused-ring (bicyclic) bond motifs is 1. The van der Waals surface area contributed by atoms with Gasteiger partial charge in [0.05, 0.1) is 11.3 Å². The zero-order chi connectivity index (χ0) is 15.0. The van der Waals surface area contributed by atoms with Crippen LogP contribution < -0.4 is 11.1 Å². The van der Waals surface area contributed by atoms with Crippen LogP contribution in [-0.2, 0) is 11.8 Å². The molecule has 2 heterocycles. The van der Waals surface area contributed by atoms with Crippen LogP contribution in [0, 0.1) is 5.92 Å². The van der Waals surface area contributed by atoms with Crippen molar-refractivity contribution in [1.82, 2.24) is 19.7 Å². The second kappa shape index (κ2) is 5.59. The molecule has 1 aliphatic carbocycles. The van der Waals surface area contributed by atoms with Gasteiger partial charge in [-0.2, -0.15) is 5.10 Å². The first-order chi connectivity index (χ1) is 10.1. The molecule has 0 saturated heterocycles. The number of aryl methyl sites for hydroxylation is 1. The molecule has 3 N–H and O–H groups in total. The normalized spacial score (nSPS) is 22.4. The van der Waals surface area contributed by atoms with Gasteiger partial charge in [0.15, 0.2) is 5.65 Å². The van der Waals surface area contributed by atoms with Crippen LogP contribution in [0.4, 0.5) is 5.82 Å². The summed E-state index contributed by atoms with van der Waals surface area (Å²) in [5.74, 6) is 0.292. The summed E-state index contributed by atoms with van der Waals surface area (Å²) >= 11 is 3.43. The van der Waals surface area contributed by atoms with Gasteiger partial charge in [-0.3, -0.25) is 4.79 Å². The Labute approximate surface area is 130 Å². The number of rotatable bonds is 3. The molecule has 1 fully saturated rings. The molecule has 2 aromatic rings. The van der Waals surface area contributed by atoms with Gasteiger partial charge in [-0.15, -0.1) is 0 Å². The molecule has 2 atom stereocenters. The second-order valence-electron chi connectivity index (χ2n) is 5.38. The predicted molar refractivity (Wildman–Crippen MR) is 82.6 cm³/mol. The van der Waals surface area contributed by atoms with E-state index in [0.29, 0.717) is 10.4 Å². The van der Waals surface area contributed by atoms with E-state index in [1.165, 1.54) is 6.33 Å². The van der Waals surface area contributed by atoms with Gasteiger partial charge in [0.2, 0.25) is 5.91 Å². The van der Waals surface area contributed by atoms with E-state index in [-0.39, 0.29) is 17.9 Å². The van der Waals surface area contributed by atoms with Gasteiger partial charge in [0, 0.05) is 13.1 Å². The van der Waals surface area contributed by atoms with Crippen LogP contribution in [0.15, 0.2) is 10.9 Å². The molecule has 2 unspecified atom stereocenters. The Morgan fingerprint density at radius 1 is 1.43 bits per heavy atom. The third-order valence-corrected chi connectivity index (χ3v) is 4.59. The van der Waals surface area contributed by atoms with E-state index >= 15 is 0 Å². The summed E-state index contributed by atoms with van der Waals surface area (Å²) in [4.78, 5) is 20.2. The third-order valence-electron chi connectivity index (χ3n) is 4.03. The van der Waals surface area contributed by atoms with Crippen molar-refractivity contribution in [1.29, 1.82) is 0 Å². The van der Waals surface area contributed by atoms with Gasteiger partial charge < -0.3 is 11.1 Å². The van der Waals surface area contributed by atoms with Crippen molar-refractivity contribution in [2.75, 3.05) is 5.32 Å². The van der Waals surface area contributed by atoms with Crippen molar-refractivity contribution in [3.05, 3.63) is 10.9 Å². The van der Waals surface area contributed by atoms with Gasteiger partial charge in [-0.1, -0.05) is 12.8 Å². The second-order valence-corrected chi connectivity index (χ2v) is 6.13. The Morgan fingerprint density at radius 2 is 2.19 bits per heavy atom. The van der Waals surface area contributed by atoms with Crippen LogP contribution in [0.3, 0.4) is 0 Å². The molecule has 2 aromatic heterocycles. The minimum atomic E-state index is -0.247. The van der Waals surface area contributed by atoms with E-state index in [1.54, 1.807) is 4.68 Å². The molecule has 1 saturated carbocycles. The molecular formula is C13H17BrN6O. The minimum Gasteiger partial charge on any atom is -0.369 e. The molecule has 21 heavy (non-hydrogen) atoms. The molecule has 0 aromatic carbocycles. The monoisotopic (exact) mass is 352 g/mol. The van der Waals surface area contributed by atoms with Crippen LogP contribution >= 0.6 is 15.9 Å². The summed E-state index contributed by atoms with van der Waals surface area (Å²) in [6, 6.07) is 0.0152. The van der Waals surface area contributed by atoms with Gasteiger partial charge in [-0.05, 0) is 28.8 Å². The fraction of sp³-hybridized carbons (Fsp3) is 0.538. The first-order valence-corrected chi connectivity index (χ1v) is 7.76. The van der Waals surface area contributed by atoms with Gasteiger partial charge >= 0.3 is 0 Å². The lowest BCUT2D eigenvalue weighted by Crippen LogP contribution is -2.40. The first kappa shape index (κ1) is 14.2. The largest absolute Gasteiger partial charge is 0.369 e. The van der Waals surface area contributed by atoms with E-state index in [4.69, 9.17) is 5.73 Å². The molecule has 1 aliphatic rings. The van der Waals surface area contributed by atoms with E-state index in [2.05, 4.69) is 36.3 Å². The van der Waals surface area contributed by atoms with Gasteiger partial charge in [0.25, 0.3) is 0 Å². The van der Waals surface area contributed by atoms with Crippen LogP contribution in [0.2, 0.25) is 0 Å². The third kappa shape index (κ3) is 2.59. The van der Waals surface area contributed by atoms with Crippen LogP contribution in [0.25, 0.3) is 11.0 Å². The average Bonchev–Trinajstić information content (AvgIpc) is 2.75. The van der Waals surface area contributed by atoms with E-state index in [0.717, 1.165) is 36.7 Å². The number of nitrogens with two attached hydrogens (primary N) is 1. The quantitative estimate of drug-likeness (QED) is 0.873. The summed E-state index contributed by atoms with van der Waals surface area (Å²) in [6.45, 7) is 0. The fourth-order valence-electron chi connectivity index (χ4n) is 2.97. The number of anilines is 1. The number of hydrogen-bond donors (Lipinski definition) is 2. The SMILES string of the molecule is Cn1nc(Br)c2c(NC3CCCCC3C(N)=O)ncnc21. The van der Waals surface area contributed by atoms with Crippen molar-refractivity contribution >= 4 is 38.7 Å². The Morgan fingerprint density at radius 3 is 2.95 bits per heavy atom. The summed E-state index contributed by atoms with van der Waals surface area (Å²) in [5.41, 5.74) is 6.26. The zero-order valence-corrected chi connectivity index (χ0v) is 13.3. The maximum absolute atomic E-state index is 11.6. The Hall–Kier alpha value is -1.70. The van der Waals surface area contributed by atoms with Crippen LogP contribution in [0.1, 0.15) is 25.7 Å². The number of nitrogens with zero attached hydrogens (tertiary/aromatic N) is 4. The topological polar surface area (TPSA) is 98.7 Å². The number of carbonyl (C=O) groups is 1. The molecule has 8 heteroatoms. The predicted octanol–water partition coefficient (Wildman–Crippen LogP) is 1.58. The smallest absolute Gasteiger partial charge is 0.222 e. The maximum Gasteiger partial charge on any atom is 0.222 e. The lowest BCUT2D eigenvalue weighted by atomic mass is 9.84. The fourth-order valence-corrected chi connectivity index (χ4v) is 3.57. The van der Waals surface area contributed by atoms with E-state index in [1.807, 2.05) is 7.05 Å². The number of primary amides is 1. The van der Waals surface area contributed by atoms with Crippen LogP contribution in [0.5, 0.6) is 0 Å². The molecule has 7 nitrogen and oxygen atoms in total. The van der Waals surface area contributed by atoms with Crippen molar-refractivity contribution in [3.8, 4) is 0 Å². The molecule has 112 valence electrons. The number of carbonyl (C=O) groups excluding carboxylic acids is 1. The molecular weight excluding hydrogens is 336 g/mol. The standard InChI is InChI=1S/C13H17BrN6O/c1-20-13-9(10(14)19-20)12(16-6-17-13)18-8-5-3-2-4-7(8)11(15)21/h6-8H,2-5H2,1H3,(H2,15,21)(H,16,17,18). The van der Waals surface area contributed by atoms with Crippen LogP contribution in [-0.4, -0.2) is 31.7 Å². The minimum absolute atomic E-state index is 0.0152. The zero-order valence-electron chi connectivity index (χ0n) is 11.7. The Balaban J connectivity index is 1.95. The highest BCUT2D eigenvalue weighted by atomic mass is 79.9. The average molecular weight is 353 g/mol. The number of aromatic nitrogens is 4. The lowest BCUT2D eigenvalue weighted by Gasteiger charge is -2.30. The molecule has 0 radical (unpaired) electrons. The number of hydrogen-bond acceptors (Lipinski definition) is 5. The molecule has 0 aliphatic heterocycles. The molecule has 3 rings (SSSR count). The highest BCUT2D eigenvalue weighted by Crippen LogP contribution is 2.31. The van der Waals surface area contributed by atoms with Crippen molar-refractivity contribution in [3.63, 3.8) is 0 Å². The molecule has 0 spiro atoms. The lowest BCUT2D eigenvalue weighted by molar-refractivity contribution is -0.122. The summed E-state index contributed by atoms with van der Waals surface area (Å²) in [5, 5.41) is 8.50. The van der Waals surface area contributed by atoms with Gasteiger partial charge in [-0.25, -0.2) is 14.6 Å². The Bertz CT molecular complexity index is 685. The number of nitrogens with one attached hydrogen (secondary N) is 1. The van der Waals surface area contributed by atoms with Crippen molar-refractivity contribution in [2.24, 2.45) is 18.7 Å². The Kier molecular flexibility index (Phi) is 3.79. The highest BCUT2D eigenvalue weighted by molar-refractivity contribution is 9.10. The summed E-state index contributed by atoms with van der Waals surface area (Å²) in [7, 11) is 1.83. The summed E-state index contributed by atoms with van der Waals surface area (Å²) in [6.07, 6.45) is 5.37. The van der Waals surface area contributed by atoms with Gasteiger partial charge in [0.1, 0.15) is 16.7 Å². The first-order valence-electron chi connectivity index (χ1n) is 6.97. The number of halogens is 1. The van der Waals surface area contributed by atoms with E-state index < -0.39 is 0 Å². The maximum atomic E-state index is 11.6. The number of amides is 1. The van der Waals surface area contributed by atoms with E-state index in [9.17, 15) is 4.79 Å². The van der Waals surface area contributed by atoms with Crippen molar-refractivity contribution in [2.45, 2.75) is 31.7 Å². The molecule has 0 bridgehead atoms. The highest BCUT2D eigenvalue weighted by Gasteiger charge is 2.30. The van der Waals surface area contributed by atoms with Crippen molar-refractivity contribution < 1.29 is 4.79 Å². The summed E-state index contributed by atoms with van der Waals surface area (Å²) < 4.78 is 2.38.